The summed E-state index contributed by atoms with van der Waals surface area (Å²) in [5.74, 6) is 0.496. The van der Waals surface area contributed by atoms with E-state index in [2.05, 4.69) is 31.2 Å². The van der Waals surface area contributed by atoms with Crippen molar-refractivity contribution in [3.8, 4) is 11.6 Å². The molecule has 0 bridgehead atoms. The number of hydrogen-bond donors (Lipinski definition) is 1. The molecule has 0 aliphatic rings. The summed E-state index contributed by atoms with van der Waals surface area (Å²) in [5, 5.41) is 5.71. The summed E-state index contributed by atoms with van der Waals surface area (Å²) in [6.45, 7) is 2.65. The topological polar surface area (TPSA) is 47.0 Å². The molecule has 0 fully saturated rings. The predicted molar refractivity (Wildman–Crippen MR) is 85.8 cm³/mol. The molecule has 0 amide bonds. The van der Waals surface area contributed by atoms with Crippen LogP contribution in [0.4, 0.5) is 10.3 Å². The minimum Gasteiger partial charge on any atom is -0.435 e. The third-order valence-electron chi connectivity index (χ3n) is 2.72. The van der Waals surface area contributed by atoms with Crippen molar-refractivity contribution in [3.63, 3.8) is 0 Å². The van der Waals surface area contributed by atoms with Gasteiger partial charge in [0.25, 0.3) is 0 Å². The van der Waals surface area contributed by atoms with E-state index < -0.39 is 5.82 Å². The molecule has 21 heavy (non-hydrogen) atoms. The Hall–Kier alpha value is -1.73. The third-order valence-corrected chi connectivity index (χ3v) is 4.02. The number of nitrogens with one attached hydrogen (secondary N) is 1. The maximum absolute atomic E-state index is 13.8. The number of thiophene rings is 1. The molecule has 0 saturated heterocycles. The molecule has 2 heterocycles. The molecule has 0 radical (unpaired) electrons. The standard InChI is InChI=1S/C14H11BrFN3OS/c1-2-17-14-18-12(9-5-6-21-13(9)19-14)20-11-7-8(15)3-4-10(11)16/h3-7H,2H2,1H3,(H,17,18,19). The zero-order chi connectivity index (χ0) is 14.8. The summed E-state index contributed by atoms with van der Waals surface area (Å²) in [4.78, 5) is 9.49. The number of halogens is 2. The van der Waals surface area contributed by atoms with E-state index in [4.69, 9.17) is 4.74 Å². The molecule has 0 spiro atoms. The molecular weight excluding hydrogens is 357 g/mol. The van der Waals surface area contributed by atoms with E-state index in [1.165, 1.54) is 17.4 Å². The second-order valence-electron chi connectivity index (χ2n) is 4.20. The molecular formula is C14H11BrFN3OS. The minimum absolute atomic E-state index is 0.123. The van der Waals surface area contributed by atoms with E-state index in [9.17, 15) is 4.39 Å². The summed E-state index contributed by atoms with van der Waals surface area (Å²) in [5.41, 5.74) is 0. The predicted octanol–water partition coefficient (Wildman–Crippen LogP) is 4.82. The van der Waals surface area contributed by atoms with Gasteiger partial charge in [-0.3, -0.25) is 0 Å². The smallest absolute Gasteiger partial charge is 0.233 e. The fraction of sp³-hybridized carbons (Fsp3) is 0.143. The Balaban J connectivity index is 2.06. The minimum atomic E-state index is -0.440. The van der Waals surface area contributed by atoms with Gasteiger partial charge in [0, 0.05) is 11.0 Å². The van der Waals surface area contributed by atoms with Crippen LogP contribution >= 0.6 is 27.3 Å². The Morgan fingerprint density at radius 1 is 1.33 bits per heavy atom. The highest BCUT2D eigenvalue weighted by Gasteiger charge is 2.13. The first-order valence-electron chi connectivity index (χ1n) is 6.29. The molecule has 1 aromatic carbocycles. The van der Waals surface area contributed by atoms with Crippen LogP contribution in [0, 0.1) is 5.82 Å². The van der Waals surface area contributed by atoms with Crippen LogP contribution in [0.25, 0.3) is 10.2 Å². The number of aromatic nitrogens is 2. The summed E-state index contributed by atoms with van der Waals surface area (Å²) in [6.07, 6.45) is 0. The maximum Gasteiger partial charge on any atom is 0.233 e. The normalized spacial score (nSPS) is 10.8. The van der Waals surface area contributed by atoms with E-state index >= 15 is 0 Å². The average molecular weight is 368 g/mol. The van der Waals surface area contributed by atoms with Gasteiger partial charge in [-0.25, -0.2) is 9.37 Å². The molecule has 0 atom stereocenters. The molecule has 2 aromatic heterocycles. The van der Waals surface area contributed by atoms with Crippen LogP contribution in [-0.2, 0) is 0 Å². The lowest BCUT2D eigenvalue weighted by atomic mass is 10.3. The largest absolute Gasteiger partial charge is 0.435 e. The van der Waals surface area contributed by atoms with Gasteiger partial charge in [-0.15, -0.1) is 11.3 Å². The summed E-state index contributed by atoms with van der Waals surface area (Å²) >= 11 is 4.79. The molecule has 0 aliphatic carbocycles. The van der Waals surface area contributed by atoms with Gasteiger partial charge in [-0.05, 0) is 36.6 Å². The van der Waals surface area contributed by atoms with Crippen LogP contribution in [0.15, 0.2) is 34.1 Å². The van der Waals surface area contributed by atoms with Gasteiger partial charge in [0.1, 0.15) is 4.83 Å². The number of anilines is 1. The molecule has 4 nitrogen and oxygen atoms in total. The fourth-order valence-corrected chi connectivity index (χ4v) is 2.90. The number of fused-ring (bicyclic) bond motifs is 1. The van der Waals surface area contributed by atoms with E-state index in [0.29, 0.717) is 18.4 Å². The molecule has 0 unspecified atom stereocenters. The van der Waals surface area contributed by atoms with Crippen molar-refractivity contribution in [1.82, 2.24) is 9.97 Å². The van der Waals surface area contributed by atoms with Crippen LogP contribution in [0.5, 0.6) is 11.6 Å². The van der Waals surface area contributed by atoms with Crippen molar-refractivity contribution >= 4 is 43.4 Å². The molecule has 3 aromatic rings. The van der Waals surface area contributed by atoms with Gasteiger partial charge >= 0.3 is 0 Å². The lowest BCUT2D eigenvalue weighted by molar-refractivity contribution is 0.432. The van der Waals surface area contributed by atoms with Gasteiger partial charge in [0.05, 0.1) is 5.39 Å². The number of rotatable bonds is 4. The highest BCUT2D eigenvalue weighted by atomic mass is 79.9. The van der Waals surface area contributed by atoms with Crippen molar-refractivity contribution in [3.05, 3.63) is 39.9 Å². The van der Waals surface area contributed by atoms with Gasteiger partial charge < -0.3 is 10.1 Å². The highest BCUT2D eigenvalue weighted by molar-refractivity contribution is 9.10. The molecule has 0 saturated carbocycles. The first-order valence-corrected chi connectivity index (χ1v) is 7.96. The van der Waals surface area contributed by atoms with Crippen LogP contribution in [0.2, 0.25) is 0 Å². The van der Waals surface area contributed by atoms with Crippen molar-refractivity contribution < 1.29 is 9.13 Å². The Bertz CT molecular complexity index is 793. The monoisotopic (exact) mass is 367 g/mol. The van der Waals surface area contributed by atoms with Crippen molar-refractivity contribution in [1.29, 1.82) is 0 Å². The number of hydrogen-bond acceptors (Lipinski definition) is 5. The van der Waals surface area contributed by atoms with Crippen LogP contribution < -0.4 is 10.1 Å². The molecule has 108 valence electrons. The van der Waals surface area contributed by atoms with E-state index in [1.54, 1.807) is 12.1 Å². The summed E-state index contributed by atoms with van der Waals surface area (Å²) in [7, 11) is 0. The Morgan fingerprint density at radius 3 is 3.00 bits per heavy atom. The summed E-state index contributed by atoms with van der Waals surface area (Å²) < 4.78 is 20.2. The lowest BCUT2D eigenvalue weighted by Crippen LogP contribution is -2.03. The van der Waals surface area contributed by atoms with E-state index in [1.807, 2.05) is 18.4 Å². The first kappa shape index (κ1) is 14.2. The number of ether oxygens (including phenoxy) is 1. The van der Waals surface area contributed by atoms with Gasteiger partial charge in [-0.2, -0.15) is 4.98 Å². The van der Waals surface area contributed by atoms with Gasteiger partial charge in [0.2, 0.25) is 11.8 Å². The Morgan fingerprint density at radius 2 is 2.19 bits per heavy atom. The van der Waals surface area contributed by atoms with Crippen LogP contribution in [-0.4, -0.2) is 16.5 Å². The van der Waals surface area contributed by atoms with Crippen molar-refractivity contribution in [2.75, 3.05) is 11.9 Å². The first-order chi connectivity index (χ1) is 10.2. The highest BCUT2D eigenvalue weighted by Crippen LogP contribution is 2.33. The molecule has 0 aliphatic heterocycles. The number of nitrogens with zero attached hydrogens (tertiary/aromatic N) is 2. The van der Waals surface area contributed by atoms with Crippen LogP contribution in [0.3, 0.4) is 0 Å². The van der Waals surface area contributed by atoms with E-state index in [0.717, 1.165) is 14.7 Å². The zero-order valence-corrected chi connectivity index (χ0v) is 13.5. The zero-order valence-electron chi connectivity index (χ0n) is 11.1. The second kappa shape index (κ2) is 5.95. The Kier molecular flexibility index (Phi) is 4.03. The summed E-state index contributed by atoms with van der Waals surface area (Å²) in [6, 6.07) is 6.40. The van der Waals surface area contributed by atoms with Crippen molar-refractivity contribution in [2.45, 2.75) is 6.92 Å². The Labute approximate surface area is 133 Å². The second-order valence-corrected chi connectivity index (χ2v) is 6.01. The molecule has 3 rings (SSSR count). The van der Waals surface area contributed by atoms with Crippen LogP contribution in [0.1, 0.15) is 6.92 Å². The van der Waals surface area contributed by atoms with E-state index in [-0.39, 0.29) is 5.75 Å². The molecule has 1 N–H and O–H groups in total. The molecule has 7 heteroatoms. The quantitative estimate of drug-likeness (QED) is 0.718. The van der Waals surface area contributed by atoms with Crippen molar-refractivity contribution in [2.24, 2.45) is 0 Å². The maximum atomic E-state index is 13.8. The third kappa shape index (κ3) is 2.98. The lowest BCUT2D eigenvalue weighted by Gasteiger charge is -2.09. The SMILES string of the molecule is CCNc1nc(Oc2cc(Br)ccc2F)c2ccsc2n1. The van der Waals surface area contributed by atoms with Gasteiger partial charge in [0.15, 0.2) is 11.6 Å². The van der Waals surface area contributed by atoms with Gasteiger partial charge in [-0.1, -0.05) is 15.9 Å². The number of benzene rings is 1. The fourth-order valence-electron chi connectivity index (χ4n) is 1.80. The average Bonchev–Trinajstić information content (AvgIpc) is 2.92.